The van der Waals surface area contributed by atoms with E-state index in [0.717, 1.165) is 17.0 Å². The summed E-state index contributed by atoms with van der Waals surface area (Å²) in [7, 11) is -3.79. The van der Waals surface area contributed by atoms with Gasteiger partial charge in [0.1, 0.15) is 5.58 Å². The van der Waals surface area contributed by atoms with Crippen molar-refractivity contribution in [1.82, 2.24) is 0 Å². The highest BCUT2D eigenvalue weighted by molar-refractivity contribution is 7.85. The van der Waals surface area contributed by atoms with Crippen molar-refractivity contribution in [2.45, 2.75) is 0 Å². The van der Waals surface area contributed by atoms with Gasteiger partial charge in [-0.1, -0.05) is 24.3 Å². The molecule has 0 fully saturated rings. The van der Waals surface area contributed by atoms with Gasteiger partial charge in [0.25, 0.3) is 10.1 Å². The van der Waals surface area contributed by atoms with Crippen LogP contribution >= 0.6 is 0 Å². The predicted molar refractivity (Wildman–Crippen MR) is 62.8 cm³/mol. The molecule has 16 heavy (non-hydrogen) atoms. The molecule has 5 heteroatoms. The number of rotatable bonds is 2. The molecule has 0 radical (unpaired) electrons. The molecule has 1 aromatic heterocycles. The Labute approximate surface area is 93.9 Å². The van der Waals surface area contributed by atoms with Gasteiger partial charge in [0.2, 0.25) is 0 Å². The third kappa shape index (κ3) is 4.29. The van der Waals surface area contributed by atoms with Gasteiger partial charge in [-0.25, -0.2) is 0 Å². The van der Waals surface area contributed by atoms with Crippen LogP contribution in [0.25, 0.3) is 11.0 Å². The maximum Gasteiger partial charge on any atom is 0.268 e. The molecule has 0 bridgehead atoms. The van der Waals surface area contributed by atoms with E-state index in [0.29, 0.717) is 0 Å². The van der Waals surface area contributed by atoms with Crippen LogP contribution in [0.5, 0.6) is 0 Å². The smallest absolute Gasteiger partial charge is 0.268 e. The lowest BCUT2D eigenvalue weighted by Gasteiger charge is -1.82. The lowest BCUT2D eigenvalue weighted by molar-refractivity contribution is 0.487. The van der Waals surface area contributed by atoms with E-state index in [9.17, 15) is 8.42 Å². The van der Waals surface area contributed by atoms with Crippen molar-refractivity contribution in [1.29, 1.82) is 0 Å². The Kier molecular flexibility index (Phi) is 4.28. The quantitative estimate of drug-likeness (QED) is 0.647. The molecule has 0 saturated carbocycles. The van der Waals surface area contributed by atoms with Crippen LogP contribution in [0.3, 0.4) is 0 Å². The van der Waals surface area contributed by atoms with Crippen molar-refractivity contribution in [2.24, 2.45) is 0 Å². The summed E-state index contributed by atoms with van der Waals surface area (Å²) in [5, 5.41) is 1.16. The van der Waals surface area contributed by atoms with E-state index in [2.05, 4.69) is 6.58 Å². The number of fused-ring (bicyclic) bond motifs is 1. The van der Waals surface area contributed by atoms with Crippen molar-refractivity contribution in [3.8, 4) is 0 Å². The molecule has 0 aliphatic carbocycles. The molecule has 0 aliphatic rings. The zero-order valence-corrected chi connectivity index (χ0v) is 9.35. The largest absolute Gasteiger partial charge is 0.464 e. The molecule has 1 N–H and O–H groups in total. The summed E-state index contributed by atoms with van der Waals surface area (Å²) in [5.41, 5.74) is 0.956. The molecule has 2 aromatic rings. The van der Waals surface area contributed by atoms with E-state index in [4.69, 9.17) is 8.97 Å². The summed E-state index contributed by atoms with van der Waals surface area (Å²) >= 11 is 0. The Morgan fingerprint density at radius 1 is 1.31 bits per heavy atom. The second kappa shape index (κ2) is 5.48. The summed E-state index contributed by atoms with van der Waals surface area (Å²) in [5.74, 6) is -0.368. The fourth-order valence-corrected chi connectivity index (χ4v) is 1.35. The third-order valence-electron chi connectivity index (χ3n) is 1.69. The van der Waals surface area contributed by atoms with E-state index in [1.807, 2.05) is 30.3 Å². The van der Waals surface area contributed by atoms with Gasteiger partial charge >= 0.3 is 0 Å². The minimum absolute atomic E-state index is 0.368. The van der Waals surface area contributed by atoms with Crippen molar-refractivity contribution >= 4 is 21.1 Å². The average Bonchev–Trinajstić information content (AvgIpc) is 2.64. The molecule has 1 heterocycles. The van der Waals surface area contributed by atoms with Gasteiger partial charge in [-0.15, -0.1) is 6.58 Å². The molecule has 0 aliphatic heterocycles. The van der Waals surface area contributed by atoms with Crippen LogP contribution < -0.4 is 0 Å². The van der Waals surface area contributed by atoms with Crippen LogP contribution in [0, 0.1) is 0 Å². The maximum atomic E-state index is 9.72. The van der Waals surface area contributed by atoms with Crippen molar-refractivity contribution in [2.75, 3.05) is 5.75 Å². The second-order valence-electron chi connectivity index (χ2n) is 3.00. The molecule has 0 amide bonds. The highest BCUT2D eigenvalue weighted by atomic mass is 32.2. The molecule has 0 spiro atoms. The Morgan fingerprint density at radius 3 is 2.50 bits per heavy atom. The van der Waals surface area contributed by atoms with Gasteiger partial charge in [-0.2, -0.15) is 8.42 Å². The number of hydrogen-bond acceptors (Lipinski definition) is 3. The first-order chi connectivity index (χ1) is 7.53. The molecule has 0 unspecified atom stereocenters. The van der Waals surface area contributed by atoms with Gasteiger partial charge in [-0.05, 0) is 12.1 Å². The van der Waals surface area contributed by atoms with Crippen LogP contribution in [-0.4, -0.2) is 18.7 Å². The van der Waals surface area contributed by atoms with Crippen molar-refractivity contribution in [3.05, 3.63) is 49.2 Å². The molecule has 0 saturated heterocycles. The SMILES string of the molecule is C=CCS(=O)(=O)O.c1ccc2occc2c1. The van der Waals surface area contributed by atoms with Crippen molar-refractivity contribution in [3.63, 3.8) is 0 Å². The Morgan fingerprint density at radius 2 is 2.00 bits per heavy atom. The fourth-order valence-electron chi connectivity index (χ4n) is 1.06. The minimum Gasteiger partial charge on any atom is -0.464 e. The summed E-state index contributed by atoms with van der Waals surface area (Å²) in [6.07, 6.45) is 2.82. The highest BCUT2D eigenvalue weighted by Gasteiger charge is 1.95. The van der Waals surface area contributed by atoms with Gasteiger partial charge in [-0.3, -0.25) is 4.55 Å². The first kappa shape index (κ1) is 12.5. The topological polar surface area (TPSA) is 67.5 Å². The molecule has 2 rings (SSSR count). The van der Waals surface area contributed by atoms with Crippen LogP contribution in [0.2, 0.25) is 0 Å². The average molecular weight is 240 g/mol. The van der Waals surface area contributed by atoms with E-state index >= 15 is 0 Å². The van der Waals surface area contributed by atoms with E-state index in [1.165, 1.54) is 0 Å². The third-order valence-corrected chi connectivity index (χ3v) is 2.35. The Hall–Kier alpha value is -1.59. The minimum atomic E-state index is -3.79. The van der Waals surface area contributed by atoms with E-state index < -0.39 is 10.1 Å². The summed E-state index contributed by atoms with van der Waals surface area (Å²) < 4.78 is 32.5. The van der Waals surface area contributed by atoms with Crippen molar-refractivity contribution < 1.29 is 17.4 Å². The molecular formula is C11H12O4S. The number of benzene rings is 1. The van der Waals surface area contributed by atoms with Gasteiger partial charge in [0.05, 0.1) is 12.0 Å². The molecule has 86 valence electrons. The lowest BCUT2D eigenvalue weighted by atomic mass is 10.3. The molecular weight excluding hydrogens is 228 g/mol. The molecule has 1 aromatic carbocycles. The van der Waals surface area contributed by atoms with Crippen LogP contribution in [0.4, 0.5) is 0 Å². The number of hydrogen-bond donors (Lipinski definition) is 1. The predicted octanol–water partition coefficient (Wildman–Crippen LogP) is 2.49. The fraction of sp³-hybridized carbons (Fsp3) is 0.0909. The standard InChI is InChI=1S/C8H6O.C3H6O3S/c1-2-4-8-7(3-1)5-6-9-8;1-2-3-7(4,5)6/h1-6H;2H,1,3H2,(H,4,5,6). The summed E-state index contributed by atoms with van der Waals surface area (Å²) in [6.45, 7) is 3.11. The maximum absolute atomic E-state index is 9.72. The first-order valence-corrected chi connectivity index (χ1v) is 6.12. The normalized spacial score (nSPS) is 10.6. The summed E-state index contributed by atoms with van der Waals surface area (Å²) in [6, 6.07) is 9.90. The van der Waals surface area contributed by atoms with Crippen LogP contribution in [0.15, 0.2) is 53.7 Å². The zero-order chi connectivity index (χ0) is 12.0. The van der Waals surface area contributed by atoms with Gasteiger partial charge in [0.15, 0.2) is 0 Å². The first-order valence-electron chi connectivity index (χ1n) is 4.51. The number of para-hydroxylation sites is 1. The van der Waals surface area contributed by atoms with Crippen LogP contribution in [0.1, 0.15) is 0 Å². The lowest BCUT2D eigenvalue weighted by Crippen LogP contribution is -1.99. The van der Waals surface area contributed by atoms with Gasteiger partial charge in [0, 0.05) is 5.39 Å². The number of furan rings is 1. The van der Waals surface area contributed by atoms with Gasteiger partial charge < -0.3 is 4.42 Å². The summed E-state index contributed by atoms with van der Waals surface area (Å²) in [4.78, 5) is 0. The Bertz CT molecular complexity index is 524. The highest BCUT2D eigenvalue weighted by Crippen LogP contribution is 2.12. The monoisotopic (exact) mass is 240 g/mol. The zero-order valence-electron chi connectivity index (χ0n) is 8.54. The van der Waals surface area contributed by atoms with Crippen LogP contribution in [-0.2, 0) is 10.1 Å². The van der Waals surface area contributed by atoms with E-state index in [1.54, 1.807) is 6.26 Å². The Balaban J connectivity index is 0.000000168. The molecule has 4 nitrogen and oxygen atoms in total. The van der Waals surface area contributed by atoms with E-state index in [-0.39, 0.29) is 5.75 Å². The molecule has 0 atom stereocenters. The second-order valence-corrected chi connectivity index (χ2v) is 4.49.